The molecule has 0 nitrogen and oxygen atoms in total. The summed E-state index contributed by atoms with van der Waals surface area (Å²) < 4.78 is 13.0. The molecule has 3 heteroatoms. The first kappa shape index (κ1) is 10.5. The van der Waals surface area contributed by atoms with E-state index >= 15 is 0 Å². The van der Waals surface area contributed by atoms with E-state index in [2.05, 4.69) is 6.07 Å². The molecule has 75 valence electrons. The van der Waals surface area contributed by atoms with Gasteiger partial charge in [0, 0.05) is 10.0 Å². The van der Waals surface area contributed by atoms with Gasteiger partial charge in [-0.05, 0) is 47.5 Å². The van der Waals surface area contributed by atoms with Crippen molar-refractivity contribution >= 4 is 23.2 Å². The average molecular weight is 240 g/mol. The van der Waals surface area contributed by atoms with Crippen LogP contribution >= 0.6 is 23.2 Å². The lowest BCUT2D eigenvalue weighted by atomic mass is 10.1. The predicted octanol–water partition coefficient (Wildman–Crippen LogP) is 4.60. The molecule has 0 spiro atoms. The van der Waals surface area contributed by atoms with E-state index in [1.807, 2.05) is 0 Å². The third-order valence-electron chi connectivity index (χ3n) is 1.94. The maximum atomic E-state index is 13.0. The van der Waals surface area contributed by atoms with Gasteiger partial charge in [0.05, 0.1) is 0 Å². The minimum atomic E-state index is -0.306. The van der Waals surface area contributed by atoms with Crippen LogP contribution in [-0.4, -0.2) is 0 Å². The smallest absolute Gasteiger partial charge is 0.123 e. The maximum Gasteiger partial charge on any atom is 0.123 e. The number of rotatable bonds is 1. The number of hydrogen-bond acceptors (Lipinski definition) is 0. The molecule has 2 aromatic carbocycles. The Morgan fingerprint density at radius 2 is 1.67 bits per heavy atom. The first-order valence-corrected chi connectivity index (χ1v) is 5.04. The molecule has 0 saturated heterocycles. The Labute approximate surface area is 97.3 Å². The fourth-order valence-electron chi connectivity index (χ4n) is 1.31. The minimum Gasteiger partial charge on any atom is -0.207 e. The van der Waals surface area contributed by atoms with E-state index in [4.69, 9.17) is 23.2 Å². The fraction of sp³-hybridized carbons (Fsp3) is 0. The summed E-state index contributed by atoms with van der Waals surface area (Å²) >= 11 is 11.7. The van der Waals surface area contributed by atoms with Crippen molar-refractivity contribution in [3.63, 3.8) is 0 Å². The standard InChI is InChI=1S/C12H6Cl2F/c13-10-4-9(5-11(14)7-10)8-2-1-3-12(15)6-8/h1,3-7H. The molecular formula is C12H6Cl2F. The molecular weight excluding hydrogens is 234 g/mol. The van der Waals surface area contributed by atoms with Gasteiger partial charge in [0.15, 0.2) is 0 Å². The Balaban J connectivity index is 2.54. The van der Waals surface area contributed by atoms with Gasteiger partial charge < -0.3 is 0 Å². The van der Waals surface area contributed by atoms with E-state index < -0.39 is 0 Å². The molecule has 0 N–H and O–H groups in total. The predicted molar refractivity (Wildman–Crippen MR) is 60.7 cm³/mol. The van der Waals surface area contributed by atoms with Crippen LogP contribution in [-0.2, 0) is 0 Å². The Hall–Kier alpha value is -1.05. The molecule has 0 saturated carbocycles. The van der Waals surface area contributed by atoms with Crippen molar-refractivity contribution in [2.45, 2.75) is 0 Å². The lowest BCUT2D eigenvalue weighted by Crippen LogP contribution is -1.80. The SMILES string of the molecule is Fc1cc[c]c(-c2cc(Cl)cc(Cl)c2)c1. The first-order chi connectivity index (χ1) is 7.15. The summed E-state index contributed by atoms with van der Waals surface area (Å²) in [6, 6.07) is 12.3. The monoisotopic (exact) mass is 239 g/mol. The third kappa shape index (κ3) is 2.49. The lowest BCUT2D eigenvalue weighted by Gasteiger charge is -2.02. The van der Waals surface area contributed by atoms with Crippen molar-refractivity contribution in [3.8, 4) is 11.1 Å². The summed E-state index contributed by atoms with van der Waals surface area (Å²) in [7, 11) is 0. The molecule has 0 bridgehead atoms. The second-order valence-electron chi connectivity index (χ2n) is 3.08. The Bertz CT molecular complexity index is 474. The van der Waals surface area contributed by atoms with E-state index in [1.165, 1.54) is 18.2 Å². The molecule has 15 heavy (non-hydrogen) atoms. The molecule has 0 aromatic heterocycles. The van der Waals surface area contributed by atoms with Crippen LogP contribution in [0.25, 0.3) is 11.1 Å². The van der Waals surface area contributed by atoms with Crippen LogP contribution in [0, 0.1) is 11.9 Å². The number of hydrogen-bond donors (Lipinski definition) is 0. The highest BCUT2D eigenvalue weighted by Gasteiger charge is 2.02. The van der Waals surface area contributed by atoms with Gasteiger partial charge in [-0.1, -0.05) is 29.3 Å². The molecule has 0 aliphatic carbocycles. The summed E-state index contributed by atoms with van der Waals surface area (Å²) in [5.74, 6) is -0.306. The Morgan fingerprint density at radius 3 is 2.27 bits per heavy atom. The zero-order chi connectivity index (χ0) is 10.8. The van der Waals surface area contributed by atoms with Crippen LogP contribution in [0.5, 0.6) is 0 Å². The number of benzene rings is 2. The quantitative estimate of drug-likeness (QED) is 0.683. The zero-order valence-corrected chi connectivity index (χ0v) is 9.11. The summed E-state index contributed by atoms with van der Waals surface area (Å²) in [4.78, 5) is 0. The van der Waals surface area contributed by atoms with Crippen LogP contribution in [0.2, 0.25) is 10.0 Å². The van der Waals surface area contributed by atoms with Crippen molar-refractivity contribution < 1.29 is 4.39 Å². The van der Waals surface area contributed by atoms with Gasteiger partial charge in [-0.3, -0.25) is 0 Å². The van der Waals surface area contributed by atoms with Crippen LogP contribution in [0.3, 0.4) is 0 Å². The van der Waals surface area contributed by atoms with Gasteiger partial charge in [-0.15, -0.1) is 0 Å². The first-order valence-electron chi connectivity index (χ1n) is 4.29. The van der Waals surface area contributed by atoms with Gasteiger partial charge in [-0.2, -0.15) is 0 Å². The van der Waals surface area contributed by atoms with Crippen molar-refractivity contribution in [3.05, 3.63) is 58.3 Å². The van der Waals surface area contributed by atoms with Gasteiger partial charge >= 0.3 is 0 Å². The molecule has 0 amide bonds. The highest BCUT2D eigenvalue weighted by molar-refractivity contribution is 6.35. The van der Waals surface area contributed by atoms with Crippen LogP contribution in [0.15, 0.2) is 36.4 Å². The van der Waals surface area contributed by atoms with Crippen molar-refractivity contribution in [1.29, 1.82) is 0 Å². The van der Waals surface area contributed by atoms with E-state index in [9.17, 15) is 4.39 Å². The summed E-state index contributed by atoms with van der Waals surface area (Å²) in [6.07, 6.45) is 0. The Morgan fingerprint density at radius 1 is 1.00 bits per heavy atom. The second kappa shape index (κ2) is 4.21. The highest BCUT2D eigenvalue weighted by Crippen LogP contribution is 2.27. The van der Waals surface area contributed by atoms with E-state index in [0.717, 1.165) is 5.56 Å². The van der Waals surface area contributed by atoms with Gasteiger partial charge in [0.25, 0.3) is 0 Å². The van der Waals surface area contributed by atoms with Crippen LogP contribution in [0.1, 0.15) is 0 Å². The summed E-state index contributed by atoms with van der Waals surface area (Å²) in [5, 5.41) is 1.05. The molecule has 0 unspecified atom stereocenters. The molecule has 0 heterocycles. The van der Waals surface area contributed by atoms with Crippen LogP contribution < -0.4 is 0 Å². The maximum absolute atomic E-state index is 13.0. The largest absolute Gasteiger partial charge is 0.207 e. The van der Waals surface area contributed by atoms with E-state index in [1.54, 1.807) is 18.2 Å². The van der Waals surface area contributed by atoms with Crippen molar-refractivity contribution in [2.75, 3.05) is 0 Å². The van der Waals surface area contributed by atoms with E-state index in [-0.39, 0.29) is 5.82 Å². The van der Waals surface area contributed by atoms with Gasteiger partial charge in [0.1, 0.15) is 5.82 Å². The average Bonchev–Trinajstić information content (AvgIpc) is 2.16. The van der Waals surface area contributed by atoms with Crippen molar-refractivity contribution in [1.82, 2.24) is 0 Å². The lowest BCUT2D eigenvalue weighted by molar-refractivity contribution is 0.628. The third-order valence-corrected chi connectivity index (χ3v) is 2.37. The molecule has 2 aromatic rings. The zero-order valence-electron chi connectivity index (χ0n) is 7.60. The van der Waals surface area contributed by atoms with Crippen LogP contribution in [0.4, 0.5) is 4.39 Å². The fourth-order valence-corrected chi connectivity index (χ4v) is 1.84. The van der Waals surface area contributed by atoms with Crippen molar-refractivity contribution in [2.24, 2.45) is 0 Å². The molecule has 0 aliphatic rings. The molecule has 1 radical (unpaired) electrons. The summed E-state index contributed by atoms with van der Waals surface area (Å²) in [5.41, 5.74) is 1.39. The van der Waals surface area contributed by atoms with Gasteiger partial charge in [0.2, 0.25) is 0 Å². The normalized spacial score (nSPS) is 10.3. The topological polar surface area (TPSA) is 0 Å². The molecule has 0 fully saturated rings. The molecule has 2 rings (SSSR count). The second-order valence-corrected chi connectivity index (χ2v) is 3.95. The molecule has 0 aliphatic heterocycles. The highest BCUT2D eigenvalue weighted by atomic mass is 35.5. The minimum absolute atomic E-state index is 0.306. The number of halogens is 3. The molecule has 0 atom stereocenters. The Kier molecular flexibility index (Phi) is 2.94. The van der Waals surface area contributed by atoms with Gasteiger partial charge in [-0.25, -0.2) is 4.39 Å². The summed E-state index contributed by atoms with van der Waals surface area (Å²) in [6.45, 7) is 0. The van der Waals surface area contributed by atoms with E-state index in [0.29, 0.717) is 15.6 Å².